The summed E-state index contributed by atoms with van der Waals surface area (Å²) in [7, 11) is 3.92. The van der Waals surface area contributed by atoms with Crippen molar-refractivity contribution < 1.29 is 5.11 Å². The molecule has 0 atom stereocenters. The third-order valence-electron chi connectivity index (χ3n) is 2.21. The second-order valence-electron chi connectivity index (χ2n) is 3.30. The molecule has 1 rings (SSSR count). The number of hydrogen-bond donors (Lipinski definition) is 2. The van der Waals surface area contributed by atoms with Crippen LogP contribution in [0.3, 0.4) is 0 Å². The number of hydrogen-bond acceptors (Lipinski definition) is 3. The van der Waals surface area contributed by atoms with Gasteiger partial charge in [0.05, 0.1) is 6.61 Å². The second-order valence-corrected chi connectivity index (χ2v) is 3.30. The molecule has 0 radical (unpaired) electrons. The van der Waals surface area contributed by atoms with Crippen LogP contribution in [0.25, 0.3) is 0 Å². The van der Waals surface area contributed by atoms with Gasteiger partial charge in [-0.05, 0) is 18.7 Å². The average molecular weight is 194 g/mol. The van der Waals surface area contributed by atoms with Crippen LogP contribution in [0.1, 0.15) is 5.56 Å². The zero-order chi connectivity index (χ0) is 10.4. The van der Waals surface area contributed by atoms with Gasteiger partial charge in [-0.3, -0.25) is 0 Å². The maximum atomic E-state index is 8.86. The van der Waals surface area contributed by atoms with E-state index in [1.165, 1.54) is 11.3 Å². The van der Waals surface area contributed by atoms with Crippen molar-refractivity contribution in [2.24, 2.45) is 0 Å². The van der Waals surface area contributed by atoms with Crippen LogP contribution in [0.4, 0.5) is 5.69 Å². The summed E-state index contributed by atoms with van der Waals surface area (Å²) in [5.41, 5.74) is 2.43. The highest BCUT2D eigenvalue weighted by Gasteiger charge is 2.04. The first kappa shape index (κ1) is 11.0. The molecule has 2 N–H and O–H groups in total. The first-order valence-corrected chi connectivity index (χ1v) is 4.84. The van der Waals surface area contributed by atoms with Crippen molar-refractivity contribution in [1.82, 2.24) is 5.32 Å². The molecular formula is C11H18N2O. The molecule has 1 aromatic carbocycles. The molecule has 0 amide bonds. The Hall–Kier alpha value is -1.06. The molecule has 0 spiro atoms. The molecule has 1 aromatic rings. The fraction of sp³-hybridized carbons (Fsp3) is 0.455. The molecule has 14 heavy (non-hydrogen) atoms. The predicted octanol–water partition coefficient (Wildman–Crippen LogP) is 0.834. The van der Waals surface area contributed by atoms with Gasteiger partial charge in [-0.1, -0.05) is 18.2 Å². The zero-order valence-electron chi connectivity index (χ0n) is 8.83. The lowest BCUT2D eigenvalue weighted by atomic mass is 10.1. The summed E-state index contributed by atoms with van der Waals surface area (Å²) in [5.74, 6) is 0. The third-order valence-corrected chi connectivity index (χ3v) is 2.21. The van der Waals surface area contributed by atoms with Crippen LogP contribution in [0, 0.1) is 0 Å². The van der Waals surface area contributed by atoms with Crippen molar-refractivity contribution >= 4 is 5.69 Å². The van der Waals surface area contributed by atoms with Gasteiger partial charge in [0.25, 0.3) is 0 Å². The molecule has 0 aliphatic carbocycles. The highest BCUT2D eigenvalue weighted by atomic mass is 16.3. The number of nitrogens with zero attached hydrogens (tertiary/aromatic N) is 1. The number of para-hydroxylation sites is 1. The molecule has 0 saturated carbocycles. The van der Waals surface area contributed by atoms with E-state index in [0.717, 1.165) is 6.54 Å². The zero-order valence-corrected chi connectivity index (χ0v) is 8.83. The maximum Gasteiger partial charge on any atom is 0.0606 e. The van der Waals surface area contributed by atoms with Crippen LogP contribution in [-0.4, -0.2) is 32.4 Å². The highest BCUT2D eigenvalue weighted by molar-refractivity contribution is 5.52. The Kier molecular flexibility index (Phi) is 4.43. The van der Waals surface area contributed by atoms with Gasteiger partial charge in [0.1, 0.15) is 0 Å². The molecule has 0 unspecified atom stereocenters. The standard InChI is InChI=1S/C11H18N2O/c1-12-9-10-5-3-4-6-11(10)13(2)7-8-14/h3-6,12,14H,7-9H2,1-2H3. The third kappa shape index (κ3) is 2.72. The van der Waals surface area contributed by atoms with Crippen LogP contribution in [0.2, 0.25) is 0 Å². The van der Waals surface area contributed by atoms with Crippen LogP contribution in [0.5, 0.6) is 0 Å². The molecule has 3 heteroatoms. The summed E-state index contributed by atoms with van der Waals surface area (Å²) in [6.45, 7) is 1.71. The maximum absolute atomic E-state index is 8.86. The number of anilines is 1. The summed E-state index contributed by atoms with van der Waals surface area (Å²) in [4.78, 5) is 2.06. The van der Waals surface area contributed by atoms with Gasteiger partial charge in [0.2, 0.25) is 0 Å². The van der Waals surface area contributed by atoms with Gasteiger partial charge in [0.15, 0.2) is 0 Å². The summed E-state index contributed by atoms with van der Waals surface area (Å²) in [6, 6.07) is 8.22. The average Bonchev–Trinajstić information content (AvgIpc) is 2.19. The molecular weight excluding hydrogens is 176 g/mol. The van der Waals surface area contributed by atoms with E-state index in [9.17, 15) is 0 Å². The Morgan fingerprint density at radius 3 is 2.71 bits per heavy atom. The first-order valence-electron chi connectivity index (χ1n) is 4.84. The van der Waals surface area contributed by atoms with Crippen molar-refractivity contribution in [3.8, 4) is 0 Å². The Morgan fingerprint density at radius 2 is 2.07 bits per heavy atom. The fourth-order valence-corrected chi connectivity index (χ4v) is 1.49. The van der Waals surface area contributed by atoms with Crippen LogP contribution < -0.4 is 10.2 Å². The topological polar surface area (TPSA) is 35.5 Å². The van der Waals surface area contributed by atoms with E-state index in [-0.39, 0.29) is 6.61 Å². The SMILES string of the molecule is CNCc1ccccc1N(C)CCO. The molecule has 0 fully saturated rings. The lowest BCUT2D eigenvalue weighted by Gasteiger charge is -2.21. The van der Waals surface area contributed by atoms with Crippen LogP contribution in [0.15, 0.2) is 24.3 Å². The molecule has 0 heterocycles. The number of aliphatic hydroxyl groups is 1. The monoisotopic (exact) mass is 194 g/mol. The van der Waals surface area contributed by atoms with E-state index in [0.29, 0.717) is 6.54 Å². The van der Waals surface area contributed by atoms with E-state index < -0.39 is 0 Å². The lowest BCUT2D eigenvalue weighted by molar-refractivity contribution is 0.304. The fourth-order valence-electron chi connectivity index (χ4n) is 1.49. The number of rotatable bonds is 5. The number of nitrogens with one attached hydrogen (secondary N) is 1. The lowest BCUT2D eigenvalue weighted by Crippen LogP contribution is -2.23. The molecule has 0 aliphatic heterocycles. The van der Waals surface area contributed by atoms with E-state index in [1.54, 1.807) is 0 Å². The van der Waals surface area contributed by atoms with E-state index in [1.807, 2.05) is 26.2 Å². The van der Waals surface area contributed by atoms with Gasteiger partial charge < -0.3 is 15.3 Å². The summed E-state index contributed by atoms with van der Waals surface area (Å²) >= 11 is 0. The number of likely N-dealkylation sites (N-methyl/N-ethyl adjacent to an activating group) is 1. The highest BCUT2D eigenvalue weighted by Crippen LogP contribution is 2.18. The quantitative estimate of drug-likeness (QED) is 0.729. The first-order chi connectivity index (χ1) is 6.79. The Balaban J connectivity index is 2.82. The van der Waals surface area contributed by atoms with Crippen molar-refractivity contribution in [2.45, 2.75) is 6.54 Å². The smallest absolute Gasteiger partial charge is 0.0606 e. The summed E-state index contributed by atoms with van der Waals surface area (Å²) < 4.78 is 0. The number of benzene rings is 1. The van der Waals surface area contributed by atoms with Gasteiger partial charge in [-0.15, -0.1) is 0 Å². The predicted molar refractivity (Wildman–Crippen MR) is 59.6 cm³/mol. The van der Waals surface area contributed by atoms with Gasteiger partial charge in [-0.2, -0.15) is 0 Å². The van der Waals surface area contributed by atoms with Crippen molar-refractivity contribution in [1.29, 1.82) is 0 Å². The molecule has 3 nitrogen and oxygen atoms in total. The van der Waals surface area contributed by atoms with E-state index >= 15 is 0 Å². The number of aliphatic hydroxyl groups excluding tert-OH is 1. The molecule has 0 aliphatic rings. The van der Waals surface area contributed by atoms with Crippen molar-refractivity contribution in [3.05, 3.63) is 29.8 Å². The van der Waals surface area contributed by atoms with Crippen LogP contribution in [-0.2, 0) is 6.54 Å². The Morgan fingerprint density at radius 1 is 1.36 bits per heavy atom. The molecule has 0 aromatic heterocycles. The molecule has 0 saturated heterocycles. The van der Waals surface area contributed by atoms with Gasteiger partial charge in [-0.25, -0.2) is 0 Å². The summed E-state index contributed by atoms with van der Waals surface area (Å²) in [5, 5.41) is 12.0. The van der Waals surface area contributed by atoms with Crippen molar-refractivity contribution in [2.75, 3.05) is 32.1 Å². The van der Waals surface area contributed by atoms with Crippen molar-refractivity contribution in [3.63, 3.8) is 0 Å². The largest absolute Gasteiger partial charge is 0.395 e. The second kappa shape index (κ2) is 5.62. The summed E-state index contributed by atoms with van der Waals surface area (Å²) in [6.07, 6.45) is 0. The van der Waals surface area contributed by atoms with Gasteiger partial charge >= 0.3 is 0 Å². The van der Waals surface area contributed by atoms with Gasteiger partial charge in [0, 0.05) is 25.8 Å². The van der Waals surface area contributed by atoms with E-state index in [4.69, 9.17) is 5.11 Å². The Bertz CT molecular complexity index is 276. The normalized spacial score (nSPS) is 10.2. The molecule has 78 valence electrons. The van der Waals surface area contributed by atoms with Crippen LogP contribution >= 0.6 is 0 Å². The molecule has 0 bridgehead atoms. The minimum absolute atomic E-state index is 0.185. The minimum atomic E-state index is 0.185. The Labute approximate surface area is 85.4 Å². The van der Waals surface area contributed by atoms with E-state index in [2.05, 4.69) is 22.3 Å². The minimum Gasteiger partial charge on any atom is -0.395 e.